The summed E-state index contributed by atoms with van der Waals surface area (Å²) in [5, 5.41) is 8.71. The highest BCUT2D eigenvalue weighted by Gasteiger charge is 2.14. The van der Waals surface area contributed by atoms with Crippen LogP contribution in [0.15, 0.2) is 24.3 Å². The first-order valence-electron chi connectivity index (χ1n) is 6.88. The Morgan fingerprint density at radius 1 is 1.35 bits per heavy atom. The van der Waals surface area contributed by atoms with Crippen LogP contribution in [0.3, 0.4) is 0 Å². The van der Waals surface area contributed by atoms with Crippen molar-refractivity contribution < 1.29 is 9.47 Å². The quantitative estimate of drug-likeness (QED) is 0.773. The summed E-state index contributed by atoms with van der Waals surface area (Å²) in [6.07, 6.45) is 3.15. The zero-order valence-corrected chi connectivity index (χ0v) is 12.1. The fourth-order valence-corrected chi connectivity index (χ4v) is 2.36. The van der Waals surface area contributed by atoms with Crippen LogP contribution in [0.1, 0.15) is 18.9 Å². The Bertz CT molecular complexity index is 532. The van der Waals surface area contributed by atoms with Gasteiger partial charge in [0.1, 0.15) is 0 Å². The predicted molar refractivity (Wildman–Crippen MR) is 78.8 cm³/mol. The second kappa shape index (κ2) is 6.97. The minimum absolute atomic E-state index is 0.496. The molecule has 0 fully saturated rings. The second-order valence-electron chi connectivity index (χ2n) is 4.67. The van der Waals surface area contributed by atoms with E-state index in [9.17, 15) is 0 Å². The first-order valence-corrected chi connectivity index (χ1v) is 6.88. The Morgan fingerprint density at radius 3 is 2.80 bits per heavy atom. The smallest absolute Gasteiger partial charge is 0.161 e. The number of methoxy groups -OCH3 is 1. The minimum Gasteiger partial charge on any atom is -0.493 e. The molecule has 1 aromatic rings. The average Bonchev–Trinajstić information content (AvgIpc) is 2.49. The topological polar surface area (TPSA) is 45.5 Å². The lowest BCUT2D eigenvalue weighted by Gasteiger charge is -2.24. The van der Waals surface area contributed by atoms with E-state index in [2.05, 4.69) is 23.1 Å². The van der Waals surface area contributed by atoms with Crippen molar-refractivity contribution >= 4 is 5.57 Å². The van der Waals surface area contributed by atoms with Gasteiger partial charge in [-0.15, -0.1) is 0 Å². The lowest BCUT2D eigenvalue weighted by molar-refractivity contribution is 0.311. The molecule has 0 N–H and O–H groups in total. The summed E-state index contributed by atoms with van der Waals surface area (Å²) in [5.41, 5.74) is 2.47. The molecule has 1 aliphatic heterocycles. The van der Waals surface area contributed by atoms with E-state index >= 15 is 0 Å². The van der Waals surface area contributed by atoms with Crippen molar-refractivity contribution in [2.24, 2.45) is 0 Å². The summed E-state index contributed by atoms with van der Waals surface area (Å²) in [4.78, 5) is 2.13. The summed E-state index contributed by atoms with van der Waals surface area (Å²) in [6.45, 7) is 4.84. The summed E-state index contributed by atoms with van der Waals surface area (Å²) in [6, 6.07) is 8.24. The molecule has 0 amide bonds. The average molecular weight is 272 g/mol. The van der Waals surface area contributed by atoms with Gasteiger partial charge in [0.2, 0.25) is 0 Å². The highest BCUT2D eigenvalue weighted by Crippen LogP contribution is 2.32. The Labute approximate surface area is 120 Å². The van der Waals surface area contributed by atoms with E-state index in [-0.39, 0.29) is 0 Å². The van der Waals surface area contributed by atoms with E-state index in [0.717, 1.165) is 31.0 Å². The molecular weight excluding hydrogens is 252 g/mol. The number of benzene rings is 1. The monoisotopic (exact) mass is 272 g/mol. The van der Waals surface area contributed by atoms with Gasteiger partial charge in [0.05, 0.1) is 26.3 Å². The fourth-order valence-electron chi connectivity index (χ4n) is 2.36. The van der Waals surface area contributed by atoms with Crippen molar-refractivity contribution in [2.45, 2.75) is 13.3 Å². The molecule has 4 heteroatoms. The maximum atomic E-state index is 8.71. The SMILES string of the molecule is CCOc1ccc(C2=CCN(CC#N)CC2)cc1OC. The molecule has 0 bridgehead atoms. The molecule has 1 aromatic carbocycles. The van der Waals surface area contributed by atoms with Crippen molar-refractivity contribution in [1.29, 1.82) is 5.26 Å². The molecule has 106 valence electrons. The molecule has 0 unspecified atom stereocenters. The maximum absolute atomic E-state index is 8.71. The van der Waals surface area contributed by atoms with Crippen LogP contribution in [0.25, 0.3) is 5.57 Å². The van der Waals surface area contributed by atoms with Gasteiger partial charge >= 0.3 is 0 Å². The van der Waals surface area contributed by atoms with Gasteiger partial charge in [0.15, 0.2) is 11.5 Å². The van der Waals surface area contributed by atoms with Crippen molar-refractivity contribution in [3.63, 3.8) is 0 Å². The third-order valence-electron chi connectivity index (χ3n) is 3.42. The summed E-state index contributed by atoms with van der Waals surface area (Å²) in [5.74, 6) is 1.55. The molecule has 1 heterocycles. The third kappa shape index (κ3) is 3.31. The number of ether oxygens (including phenoxy) is 2. The van der Waals surface area contributed by atoms with E-state index in [1.165, 1.54) is 11.1 Å². The van der Waals surface area contributed by atoms with Crippen LogP contribution in [0, 0.1) is 11.3 Å². The lowest BCUT2D eigenvalue weighted by atomic mass is 9.99. The minimum atomic E-state index is 0.496. The first-order chi connectivity index (χ1) is 9.78. The Kier molecular flexibility index (Phi) is 5.03. The zero-order valence-electron chi connectivity index (χ0n) is 12.1. The van der Waals surface area contributed by atoms with Crippen LogP contribution in [0.5, 0.6) is 11.5 Å². The van der Waals surface area contributed by atoms with E-state index in [4.69, 9.17) is 14.7 Å². The van der Waals surface area contributed by atoms with Crippen molar-refractivity contribution in [3.05, 3.63) is 29.8 Å². The summed E-state index contributed by atoms with van der Waals surface area (Å²) >= 11 is 0. The van der Waals surface area contributed by atoms with Crippen LogP contribution >= 0.6 is 0 Å². The van der Waals surface area contributed by atoms with Crippen molar-refractivity contribution in [3.8, 4) is 17.6 Å². The second-order valence-corrected chi connectivity index (χ2v) is 4.67. The molecule has 1 aliphatic rings. The molecule has 0 aromatic heterocycles. The van der Waals surface area contributed by atoms with Crippen LogP contribution in [-0.4, -0.2) is 38.3 Å². The van der Waals surface area contributed by atoms with Gasteiger partial charge in [0.25, 0.3) is 0 Å². The Hall–Kier alpha value is -1.99. The molecule has 0 aliphatic carbocycles. The third-order valence-corrected chi connectivity index (χ3v) is 3.42. The first kappa shape index (κ1) is 14.4. The number of hydrogen-bond donors (Lipinski definition) is 0. The molecule has 0 saturated heterocycles. The Morgan fingerprint density at radius 2 is 2.20 bits per heavy atom. The highest BCUT2D eigenvalue weighted by atomic mass is 16.5. The van der Waals surface area contributed by atoms with Crippen LogP contribution < -0.4 is 9.47 Å². The van der Waals surface area contributed by atoms with Gasteiger partial charge in [-0.05, 0) is 36.6 Å². The van der Waals surface area contributed by atoms with Crippen LogP contribution in [0.2, 0.25) is 0 Å². The van der Waals surface area contributed by atoms with Gasteiger partial charge < -0.3 is 9.47 Å². The standard InChI is InChI=1S/C16H20N2O2/c1-3-20-15-5-4-14(12-16(15)19-2)13-6-9-18(10-7-13)11-8-17/h4-6,12H,3,7,9-11H2,1-2H3. The van der Waals surface area contributed by atoms with E-state index in [0.29, 0.717) is 13.2 Å². The molecule has 20 heavy (non-hydrogen) atoms. The maximum Gasteiger partial charge on any atom is 0.161 e. The van der Waals surface area contributed by atoms with E-state index in [1.807, 2.05) is 19.1 Å². The Balaban J connectivity index is 2.16. The highest BCUT2D eigenvalue weighted by molar-refractivity contribution is 5.69. The molecule has 4 nitrogen and oxygen atoms in total. The number of nitriles is 1. The van der Waals surface area contributed by atoms with Crippen molar-refractivity contribution in [1.82, 2.24) is 4.90 Å². The van der Waals surface area contributed by atoms with Gasteiger partial charge in [-0.25, -0.2) is 0 Å². The fraction of sp³-hybridized carbons (Fsp3) is 0.438. The summed E-state index contributed by atoms with van der Waals surface area (Å²) < 4.78 is 10.9. The summed E-state index contributed by atoms with van der Waals surface area (Å²) in [7, 11) is 1.66. The van der Waals surface area contributed by atoms with E-state index < -0.39 is 0 Å². The largest absolute Gasteiger partial charge is 0.493 e. The lowest BCUT2D eigenvalue weighted by Crippen LogP contribution is -2.28. The predicted octanol–water partition coefficient (Wildman–Crippen LogP) is 2.71. The van der Waals surface area contributed by atoms with Gasteiger partial charge in [-0.2, -0.15) is 5.26 Å². The van der Waals surface area contributed by atoms with Gasteiger partial charge in [-0.3, -0.25) is 4.90 Å². The van der Waals surface area contributed by atoms with Gasteiger partial charge in [-0.1, -0.05) is 12.1 Å². The number of nitrogens with zero attached hydrogens (tertiary/aromatic N) is 2. The van der Waals surface area contributed by atoms with Crippen molar-refractivity contribution in [2.75, 3.05) is 33.4 Å². The zero-order chi connectivity index (χ0) is 14.4. The molecular formula is C16H20N2O2. The normalized spacial score (nSPS) is 15.3. The molecule has 0 saturated carbocycles. The molecule has 0 radical (unpaired) electrons. The van der Waals surface area contributed by atoms with Crippen LogP contribution in [-0.2, 0) is 0 Å². The van der Waals surface area contributed by atoms with E-state index in [1.54, 1.807) is 7.11 Å². The van der Waals surface area contributed by atoms with Gasteiger partial charge in [0, 0.05) is 13.1 Å². The van der Waals surface area contributed by atoms with Crippen LogP contribution in [0.4, 0.5) is 0 Å². The number of rotatable bonds is 5. The molecule has 0 spiro atoms. The molecule has 0 atom stereocenters. The molecule has 2 rings (SSSR count). The number of hydrogen-bond acceptors (Lipinski definition) is 4.